The van der Waals surface area contributed by atoms with Crippen molar-refractivity contribution in [2.24, 2.45) is 5.73 Å². The number of nitrogens with two attached hydrogens (primary N) is 1. The number of phosphoric ester groups is 1. The summed E-state index contributed by atoms with van der Waals surface area (Å²) >= 11 is 0. The topological polar surface area (TPSA) is 211 Å². The Kier molecular flexibility index (Phi) is 11.5. The number of aliphatic hydroxyl groups is 5. The van der Waals surface area contributed by atoms with Gasteiger partial charge in [-0.2, -0.15) is 0 Å². The van der Waals surface area contributed by atoms with Gasteiger partial charge in [-0.3, -0.25) is 9.05 Å². The second-order valence-corrected chi connectivity index (χ2v) is 7.53. The molecule has 0 amide bonds. The van der Waals surface area contributed by atoms with Gasteiger partial charge in [-0.25, -0.2) is 4.57 Å². The molecule has 8 N–H and O–H groups in total. The first-order valence-electron chi connectivity index (χ1n) is 8.66. The van der Waals surface area contributed by atoms with Crippen LogP contribution in [0.5, 0.6) is 0 Å². The van der Waals surface area contributed by atoms with E-state index >= 15 is 0 Å². The van der Waals surface area contributed by atoms with Crippen molar-refractivity contribution < 1.29 is 58.2 Å². The lowest BCUT2D eigenvalue weighted by Crippen LogP contribution is -2.41. The Morgan fingerprint density at radius 3 is 2.46 bits per heavy atom. The monoisotopic (exact) mass is 435 g/mol. The Labute approximate surface area is 162 Å². The Morgan fingerprint density at radius 1 is 1.21 bits per heavy atom. The molecule has 5 unspecified atom stereocenters. The molecule has 0 saturated carbocycles. The summed E-state index contributed by atoms with van der Waals surface area (Å²) in [6.45, 7) is 0.320. The van der Waals surface area contributed by atoms with Crippen molar-refractivity contribution in [3.8, 4) is 0 Å². The summed E-state index contributed by atoms with van der Waals surface area (Å²) in [4.78, 5) is 9.74. The fourth-order valence-electron chi connectivity index (χ4n) is 2.31. The largest absolute Gasteiger partial charge is 0.472 e. The predicted octanol–water partition coefficient (Wildman–Crippen LogP) is -3.34. The van der Waals surface area contributed by atoms with E-state index in [1.54, 1.807) is 0 Å². The van der Waals surface area contributed by atoms with Gasteiger partial charge in [0.2, 0.25) is 0 Å². The van der Waals surface area contributed by atoms with E-state index in [1.807, 2.05) is 0 Å². The molecule has 1 aliphatic rings. The molecule has 0 spiro atoms. The zero-order valence-electron chi connectivity index (χ0n) is 15.4. The highest BCUT2D eigenvalue weighted by Gasteiger charge is 2.48. The van der Waals surface area contributed by atoms with Crippen LogP contribution in [0.15, 0.2) is 0 Å². The molecule has 14 heteroatoms. The number of rotatable bonds is 14. The number of hydrogen-bond donors (Lipinski definition) is 7. The van der Waals surface area contributed by atoms with Gasteiger partial charge in [-0.1, -0.05) is 0 Å². The second kappa shape index (κ2) is 12.4. The summed E-state index contributed by atoms with van der Waals surface area (Å²) < 4.78 is 36.9. The third kappa shape index (κ3) is 8.24. The van der Waals surface area contributed by atoms with Crippen LogP contribution >= 0.6 is 7.82 Å². The van der Waals surface area contributed by atoms with Gasteiger partial charge < -0.3 is 50.4 Å². The normalized spacial score (nSPS) is 30.7. The molecular weight excluding hydrogens is 405 g/mol. The highest BCUT2D eigenvalue weighted by atomic mass is 31.2. The van der Waals surface area contributed by atoms with Crippen molar-refractivity contribution >= 4 is 7.82 Å². The zero-order valence-corrected chi connectivity index (χ0v) is 16.3. The van der Waals surface area contributed by atoms with Crippen LogP contribution in [-0.4, -0.2) is 113 Å². The summed E-state index contributed by atoms with van der Waals surface area (Å²) in [5.41, 5.74) is 5.22. The number of hydrogen-bond acceptors (Lipinski definition) is 12. The van der Waals surface area contributed by atoms with E-state index in [-0.39, 0.29) is 26.4 Å². The van der Waals surface area contributed by atoms with E-state index in [0.717, 1.165) is 0 Å². The first kappa shape index (κ1) is 25.8. The summed E-state index contributed by atoms with van der Waals surface area (Å²) in [7, 11) is -4.61. The van der Waals surface area contributed by atoms with Gasteiger partial charge in [0.25, 0.3) is 0 Å². The molecule has 0 aromatic heterocycles. The minimum absolute atomic E-state index is 0.00646. The molecule has 168 valence electrons. The molecule has 13 nitrogen and oxygen atoms in total. The van der Waals surface area contributed by atoms with Gasteiger partial charge in [-0.05, 0) is 6.92 Å². The third-order valence-electron chi connectivity index (χ3n) is 3.79. The molecule has 1 saturated heterocycles. The Morgan fingerprint density at radius 2 is 1.89 bits per heavy atom. The van der Waals surface area contributed by atoms with Gasteiger partial charge in [0.15, 0.2) is 6.29 Å². The van der Waals surface area contributed by atoms with Crippen LogP contribution in [0.1, 0.15) is 6.92 Å². The average molecular weight is 435 g/mol. The molecule has 0 aliphatic carbocycles. The van der Waals surface area contributed by atoms with Crippen molar-refractivity contribution in [1.82, 2.24) is 0 Å². The van der Waals surface area contributed by atoms with Gasteiger partial charge in [0, 0.05) is 6.54 Å². The lowest BCUT2D eigenvalue weighted by molar-refractivity contribution is -0.192. The standard InChI is InChI=1S/C14H30NO12P/c1-8(17)11(19)9(18)7-24-14-12(20)13(10(6-16)26-14)27-28(21,22)25-5-4-23-3-2-15/h8-14,16-20H,2-7,15H2,1H3,(H,21,22)/t8?,9?,10-,11?,12?,13+,14-/m1/s1. The van der Waals surface area contributed by atoms with Gasteiger partial charge in [0.1, 0.15) is 30.5 Å². The predicted molar refractivity (Wildman–Crippen MR) is 91.9 cm³/mol. The van der Waals surface area contributed by atoms with Crippen molar-refractivity contribution in [2.75, 3.05) is 39.6 Å². The molecule has 0 bridgehead atoms. The molecule has 0 radical (unpaired) electrons. The molecule has 0 aromatic rings. The van der Waals surface area contributed by atoms with E-state index in [9.17, 15) is 35.0 Å². The molecule has 0 aromatic carbocycles. The molecule has 8 atom stereocenters. The van der Waals surface area contributed by atoms with Gasteiger partial charge >= 0.3 is 7.82 Å². The van der Waals surface area contributed by atoms with Gasteiger partial charge in [-0.15, -0.1) is 0 Å². The molecular formula is C14H30NO12P. The SMILES string of the molecule is CC(O)C(O)C(O)CO[C@@H]1O[C@H](CO)[C@H](OP(=O)(O)OCCOCCN)C1O. The second-order valence-electron chi connectivity index (χ2n) is 6.12. The van der Waals surface area contributed by atoms with E-state index in [4.69, 9.17) is 29.0 Å². The minimum Gasteiger partial charge on any atom is -0.394 e. The Hall–Kier alpha value is -0.250. The third-order valence-corrected chi connectivity index (χ3v) is 4.81. The van der Waals surface area contributed by atoms with Crippen LogP contribution < -0.4 is 5.73 Å². The highest BCUT2D eigenvalue weighted by molar-refractivity contribution is 7.47. The zero-order chi connectivity index (χ0) is 21.3. The summed E-state index contributed by atoms with van der Waals surface area (Å²) in [6, 6.07) is 0. The fraction of sp³-hybridized carbons (Fsp3) is 1.00. The van der Waals surface area contributed by atoms with E-state index < -0.39 is 64.0 Å². The molecule has 1 rings (SSSR count). The maximum absolute atomic E-state index is 12.0. The smallest absolute Gasteiger partial charge is 0.394 e. The van der Waals surface area contributed by atoms with Crippen LogP contribution in [0, 0.1) is 0 Å². The molecule has 1 aliphatic heterocycles. The van der Waals surface area contributed by atoms with Crippen LogP contribution in [-0.2, 0) is 27.8 Å². The molecule has 1 heterocycles. The lowest BCUT2D eigenvalue weighted by atomic mass is 10.1. The van der Waals surface area contributed by atoms with E-state index in [0.29, 0.717) is 0 Å². The summed E-state index contributed by atoms with van der Waals surface area (Å²) in [6.07, 6.45) is -9.90. The highest BCUT2D eigenvalue weighted by Crippen LogP contribution is 2.47. The molecule has 1 fully saturated rings. The van der Waals surface area contributed by atoms with E-state index in [2.05, 4.69) is 0 Å². The van der Waals surface area contributed by atoms with Gasteiger partial charge in [0.05, 0.1) is 39.1 Å². The van der Waals surface area contributed by atoms with Crippen LogP contribution in [0.3, 0.4) is 0 Å². The summed E-state index contributed by atoms with van der Waals surface area (Å²) in [5.74, 6) is 0. The maximum Gasteiger partial charge on any atom is 0.472 e. The van der Waals surface area contributed by atoms with Crippen molar-refractivity contribution in [1.29, 1.82) is 0 Å². The first-order valence-corrected chi connectivity index (χ1v) is 10.2. The number of aliphatic hydroxyl groups excluding tert-OH is 5. The Bertz CT molecular complexity index is 483. The number of phosphoric acid groups is 1. The number of ether oxygens (including phenoxy) is 3. The molecule has 28 heavy (non-hydrogen) atoms. The van der Waals surface area contributed by atoms with E-state index in [1.165, 1.54) is 6.92 Å². The fourth-order valence-corrected chi connectivity index (χ4v) is 3.25. The quantitative estimate of drug-likeness (QED) is 0.105. The van der Waals surface area contributed by atoms with Crippen molar-refractivity contribution in [2.45, 2.75) is 49.8 Å². The van der Waals surface area contributed by atoms with Crippen LogP contribution in [0.4, 0.5) is 0 Å². The van der Waals surface area contributed by atoms with Crippen LogP contribution in [0.2, 0.25) is 0 Å². The van der Waals surface area contributed by atoms with Crippen molar-refractivity contribution in [3.63, 3.8) is 0 Å². The lowest BCUT2D eigenvalue weighted by Gasteiger charge is -2.23. The average Bonchev–Trinajstić information content (AvgIpc) is 2.93. The maximum atomic E-state index is 12.0. The minimum atomic E-state index is -4.61. The van der Waals surface area contributed by atoms with Crippen molar-refractivity contribution in [3.05, 3.63) is 0 Å². The summed E-state index contributed by atoms with van der Waals surface area (Å²) in [5, 5.41) is 48.0. The van der Waals surface area contributed by atoms with Crippen LogP contribution in [0.25, 0.3) is 0 Å². The Balaban J connectivity index is 2.56. The first-order chi connectivity index (χ1) is 13.1.